The number of nitrogens with zero attached hydrogens (tertiary/aromatic N) is 2. The summed E-state index contributed by atoms with van der Waals surface area (Å²) in [6.45, 7) is 0.552. The van der Waals surface area contributed by atoms with Crippen molar-refractivity contribution < 1.29 is 9.90 Å². The highest BCUT2D eigenvalue weighted by molar-refractivity contribution is 5.98. The first-order valence-corrected chi connectivity index (χ1v) is 6.62. The Labute approximate surface area is 123 Å². The number of nitrogen functional groups attached to an aromatic ring is 1. The van der Waals surface area contributed by atoms with Gasteiger partial charge in [-0.15, -0.1) is 0 Å². The Morgan fingerprint density at radius 3 is 2.67 bits per heavy atom. The number of hydrogen-bond acceptors (Lipinski definition) is 5. The second-order valence-corrected chi connectivity index (χ2v) is 4.48. The Balaban J connectivity index is 2.23. The summed E-state index contributed by atoms with van der Waals surface area (Å²) in [6.07, 6.45) is 1.56. The van der Waals surface area contributed by atoms with Crippen molar-refractivity contribution in [3.63, 3.8) is 0 Å². The SMILES string of the molecule is NNc1ncccc1C(=O)N(CCO)Cc1ccccc1. The van der Waals surface area contributed by atoms with Crippen molar-refractivity contribution in [1.82, 2.24) is 9.88 Å². The second-order valence-electron chi connectivity index (χ2n) is 4.48. The van der Waals surface area contributed by atoms with Gasteiger partial charge in [-0.3, -0.25) is 4.79 Å². The van der Waals surface area contributed by atoms with Crippen LogP contribution in [-0.4, -0.2) is 34.0 Å². The van der Waals surface area contributed by atoms with Crippen LogP contribution in [-0.2, 0) is 6.54 Å². The Morgan fingerprint density at radius 1 is 1.24 bits per heavy atom. The summed E-state index contributed by atoms with van der Waals surface area (Å²) in [5.41, 5.74) is 3.79. The number of rotatable bonds is 6. The number of amides is 1. The monoisotopic (exact) mass is 286 g/mol. The molecular weight excluding hydrogens is 268 g/mol. The first kappa shape index (κ1) is 15.0. The molecule has 1 heterocycles. The molecule has 0 aliphatic rings. The Kier molecular flexibility index (Phi) is 5.25. The van der Waals surface area contributed by atoms with E-state index < -0.39 is 0 Å². The molecule has 4 N–H and O–H groups in total. The molecule has 1 aromatic carbocycles. The third kappa shape index (κ3) is 3.77. The van der Waals surface area contributed by atoms with E-state index in [9.17, 15) is 9.90 Å². The van der Waals surface area contributed by atoms with E-state index >= 15 is 0 Å². The van der Waals surface area contributed by atoms with Gasteiger partial charge in [-0.05, 0) is 17.7 Å². The molecule has 6 heteroatoms. The number of nitrogens with two attached hydrogens (primary N) is 1. The number of pyridine rings is 1. The molecule has 0 bridgehead atoms. The van der Waals surface area contributed by atoms with Crippen LogP contribution in [0.3, 0.4) is 0 Å². The molecule has 1 aromatic heterocycles. The molecule has 0 atom stereocenters. The Bertz CT molecular complexity index is 589. The predicted octanol–water partition coefficient (Wildman–Crippen LogP) is 1.00. The lowest BCUT2D eigenvalue weighted by molar-refractivity contribution is 0.0708. The van der Waals surface area contributed by atoms with Crippen molar-refractivity contribution in [2.75, 3.05) is 18.6 Å². The van der Waals surface area contributed by atoms with Gasteiger partial charge in [-0.2, -0.15) is 0 Å². The van der Waals surface area contributed by atoms with Crippen LogP contribution in [0.2, 0.25) is 0 Å². The highest BCUT2D eigenvalue weighted by Crippen LogP contribution is 2.15. The molecule has 6 nitrogen and oxygen atoms in total. The first-order valence-electron chi connectivity index (χ1n) is 6.62. The average molecular weight is 286 g/mol. The van der Waals surface area contributed by atoms with E-state index in [-0.39, 0.29) is 19.1 Å². The smallest absolute Gasteiger partial charge is 0.258 e. The van der Waals surface area contributed by atoms with Gasteiger partial charge in [0.1, 0.15) is 0 Å². The fraction of sp³-hybridized carbons (Fsp3) is 0.200. The fourth-order valence-electron chi connectivity index (χ4n) is 2.04. The summed E-state index contributed by atoms with van der Waals surface area (Å²) in [6, 6.07) is 12.9. The summed E-state index contributed by atoms with van der Waals surface area (Å²) in [4.78, 5) is 18.2. The van der Waals surface area contributed by atoms with Crippen molar-refractivity contribution in [3.05, 3.63) is 59.8 Å². The maximum Gasteiger partial charge on any atom is 0.258 e. The lowest BCUT2D eigenvalue weighted by Crippen LogP contribution is -2.34. The average Bonchev–Trinajstić information content (AvgIpc) is 2.54. The van der Waals surface area contributed by atoms with Crippen LogP contribution in [0.5, 0.6) is 0 Å². The number of aliphatic hydroxyl groups is 1. The minimum atomic E-state index is -0.228. The van der Waals surface area contributed by atoms with Crippen LogP contribution in [0.4, 0.5) is 5.82 Å². The van der Waals surface area contributed by atoms with Crippen molar-refractivity contribution in [1.29, 1.82) is 0 Å². The van der Waals surface area contributed by atoms with E-state index in [1.165, 1.54) is 0 Å². The van der Waals surface area contributed by atoms with Gasteiger partial charge >= 0.3 is 0 Å². The molecular formula is C15H18N4O2. The molecule has 0 aliphatic heterocycles. The zero-order valence-corrected chi connectivity index (χ0v) is 11.6. The highest BCUT2D eigenvalue weighted by Gasteiger charge is 2.19. The van der Waals surface area contributed by atoms with Gasteiger partial charge in [0.05, 0.1) is 12.2 Å². The van der Waals surface area contributed by atoms with Crippen LogP contribution in [0.25, 0.3) is 0 Å². The molecule has 21 heavy (non-hydrogen) atoms. The van der Waals surface area contributed by atoms with Crippen LogP contribution < -0.4 is 11.3 Å². The zero-order valence-electron chi connectivity index (χ0n) is 11.6. The number of carbonyl (C=O) groups is 1. The number of nitrogens with one attached hydrogen (secondary N) is 1. The van der Waals surface area contributed by atoms with E-state index in [2.05, 4.69) is 10.4 Å². The molecule has 1 amide bonds. The maximum atomic E-state index is 12.6. The van der Waals surface area contributed by atoms with Gasteiger partial charge in [0, 0.05) is 19.3 Å². The van der Waals surface area contributed by atoms with Crippen molar-refractivity contribution in [3.8, 4) is 0 Å². The largest absolute Gasteiger partial charge is 0.395 e. The first-order chi connectivity index (χ1) is 10.3. The highest BCUT2D eigenvalue weighted by atomic mass is 16.3. The van der Waals surface area contributed by atoms with Crippen LogP contribution >= 0.6 is 0 Å². The Hall–Kier alpha value is -2.44. The zero-order chi connectivity index (χ0) is 15.1. The molecule has 2 aromatic rings. The molecule has 0 radical (unpaired) electrons. The van der Waals surface area contributed by atoms with E-state index in [4.69, 9.17) is 5.84 Å². The van der Waals surface area contributed by atoms with Crippen molar-refractivity contribution in [2.24, 2.45) is 5.84 Å². The number of hydrogen-bond donors (Lipinski definition) is 3. The van der Waals surface area contributed by atoms with Crippen LogP contribution in [0.15, 0.2) is 48.7 Å². The standard InChI is InChI=1S/C15H18N4O2/c16-18-14-13(7-4-8-17-14)15(21)19(9-10-20)11-12-5-2-1-3-6-12/h1-8,20H,9-11,16H2,(H,17,18). The van der Waals surface area contributed by atoms with Gasteiger partial charge in [0.25, 0.3) is 5.91 Å². The van der Waals surface area contributed by atoms with Crippen molar-refractivity contribution >= 4 is 11.7 Å². The summed E-state index contributed by atoms with van der Waals surface area (Å²) in [7, 11) is 0. The second kappa shape index (κ2) is 7.37. The molecule has 0 saturated carbocycles. The van der Waals surface area contributed by atoms with Gasteiger partial charge in [0.2, 0.25) is 0 Å². The van der Waals surface area contributed by atoms with Gasteiger partial charge in [-0.1, -0.05) is 30.3 Å². The van der Waals surface area contributed by atoms with Gasteiger partial charge in [0.15, 0.2) is 5.82 Å². The number of aromatic nitrogens is 1. The summed E-state index contributed by atoms with van der Waals surface area (Å²) >= 11 is 0. The summed E-state index contributed by atoms with van der Waals surface area (Å²) in [5.74, 6) is 5.47. The van der Waals surface area contributed by atoms with Gasteiger partial charge < -0.3 is 15.4 Å². The van der Waals surface area contributed by atoms with E-state index in [0.717, 1.165) is 5.56 Å². The molecule has 0 aliphatic carbocycles. The van der Waals surface area contributed by atoms with Crippen LogP contribution in [0.1, 0.15) is 15.9 Å². The van der Waals surface area contributed by atoms with Gasteiger partial charge in [-0.25, -0.2) is 10.8 Å². The predicted molar refractivity (Wildman–Crippen MR) is 80.3 cm³/mol. The third-order valence-electron chi connectivity index (χ3n) is 3.05. The lowest BCUT2D eigenvalue weighted by Gasteiger charge is -2.22. The number of benzene rings is 1. The normalized spacial score (nSPS) is 10.2. The van der Waals surface area contributed by atoms with E-state index in [0.29, 0.717) is 17.9 Å². The molecule has 0 saturated heterocycles. The number of aliphatic hydroxyl groups excluding tert-OH is 1. The third-order valence-corrected chi connectivity index (χ3v) is 3.05. The molecule has 2 rings (SSSR count). The topological polar surface area (TPSA) is 91.5 Å². The molecule has 0 unspecified atom stereocenters. The summed E-state index contributed by atoms with van der Waals surface area (Å²) < 4.78 is 0. The number of carbonyl (C=O) groups excluding carboxylic acids is 1. The maximum absolute atomic E-state index is 12.6. The van der Waals surface area contributed by atoms with E-state index in [1.807, 2.05) is 30.3 Å². The van der Waals surface area contributed by atoms with Crippen molar-refractivity contribution in [2.45, 2.75) is 6.54 Å². The van der Waals surface area contributed by atoms with Crippen LogP contribution in [0, 0.1) is 0 Å². The molecule has 0 fully saturated rings. The lowest BCUT2D eigenvalue weighted by atomic mass is 10.1. The number of anilines is 1. The minimum absolute atomic E-state index is 0.107. The molecule has 0 spiro atoms. The minimum Gasteiger partial charge on any atom is -0.395 e. The Morgan fingerprint density at radius 2 is 2.00 bits per heavy atom. The summed E-state index contributed by atoms with van der Waals surface area (Å²) in [5, 5.41) is 9.19. The quantitative estimate of drug-likeness (QED) is 0.544. The molecule has 110 valence electrons. The van der Waals surface area contributed by atoms with E-state index in [1.54, 1.807) is 23.2 Å². The number of hydrazine groups is 1. The fourth-order valence-corrected chi connectivity index (χ4v) is 2.04.